The number of carbonyl (C=O) groups excluding carboxylic acids is 1. The van der Waals surface area contributed by atoms with E-state index in [-0.39, 0.29) is 11.9 Å². The minimum Gasteiger partial charge on any atom is -0.491 e. The van der Waals surface area contributed by atoms with E-state index < -0.39 is 0 Å². The Kier molecular flexibility index (Phi) is 4.16. The predicted molar refractivity (Wildman–Crippen MR) is 98.1 cm³/mol. The first-order valence-electron chi connectivity index (χ1n) is 8.60. The van der Waals surface area contributed by atoms with Crippen molar-refractivity contribution in [3.8, 4) is 17.1 Å². The first-order valence-corrected chi connectivity index (χ1v) is 8.60. The van der Waals surface area contributed by atoms with Gasteiger partial charge in [-0.1, -0.05) is 30.3 Å². The van der Waals surface area contributed by atoms with Gasteiger partial charge in [0.15, 0.2) is 5.82 Å². The van der Waals surface area contributed by atoms with Crippen LogP contribution in [0.1, 0.15) is 21.7 Å². The Bertz CT molecular complexity index is 947. The van der Waals surface area contributed by atoms with Crippen molar-refractivity contribution in [3.63, 3.8) is 0 Å². The highest BCUT2D eigenvalue weighted by Gasteiger charge is 2.21. The number of rotatable bonds is 3. The van der Waals surface area contributed by atoms with Gasteiger partial charge in [0.1, 0.15) is 18.2 Å². The maximum Gasteiger partial charge on any atom is 0.251 e. The lowest BCUT2D eigenvalue weighted by molar-refractivity contribution is 0.0915. The molecule has 1 N–H and O–H groups in total. The average Bonchev–Trinajstić information content (AvgIpc) is 3.00. The van der Waals surface area contributed by atoms with Crippen LogP contribution in [0.25, 0.3) is 11.4 Å². The third-order valence-electron chi connectivity index (χ3n) is 4.49. The van der Waals surface area contributed by atoms with Crippen LogP contribution in [-0.2, 0) is 13.5 Å². The van der Waals surface area contributed by atoms with Gasteiger partial charge in [-0.25, -0.2) is 9.67 Å². The quantitative estimate of drug-likeness (QED) is 0.790. The van der Waals surface area contributed by atoms with Crippen molar-refractivity contribution in [1.82, 2.24) is 20.1 Å². The van der Waals surface area contributed by atoms with Crippen LogP contribution >= 0.6 is 0 Å². The van der Waals surface area contributed by atoms with Crippen molar-refractivity contribution < 1.29 is 9.53 Å². The summed E-state index contributed by atoms with van der Waals surface area (Å²) in [4.78, 5) is 16.9. The lowest BCUT2D eigenvalue weighted by Crippen LogP contribution is -2.42. The van der Waals surface area contributed by atoms with Gasteiger partial charge < -0.3 is 10.1 Å². The predicted octanol–water partition coefficient (Wildman–Crippen LogP) is 2.52. The molecule has 1 aromatic heterocycles. The zero-order chi connectivity index (χ0) is 18.1. The van der Waals surface area contributed by atoms with Gasteiger partial charge >= 0.3 is 0 Å². The number of hydrogen-bond donors (Lipinski definition) is 1. The molecule has 2 heterocycles. The molecule has 3 aromatic rings. The van der Waals surface area contributed by atoms with Crippen LogP contribution in [-0.4, -0.2) is 33.3 Å². The summed E-state index contributed by atoms with van der Waals surface area (Å²) in [6, 6.07) is 15.3. The molecule has 0 bridgehead atoms. The third-order valence-corrected chi connectivity index (χ3v) is 4.49. The second-order valence-electron chi connectivity index (χ2n) is 6.48. The lowest BCUT2D eigenvalue weighted by atomic mass is 10.0. The molecule has 132 valence electrons. The fraction of sp³-hybridized carbons (Fsp3) is 0.250. The first kappa shape index (κ1) is 16.3. The van der Waals surface area contributed by atoms with Crippen LogP contribution < -0.4 is 10.1 Å². The van der Waals surface area contributed by atoms with Crippen molar-refractivity contribution in [2.75, 3.05) is 6.61 Å². The fourth-order valence-corrected chi connectivity index (χ4v) is 3.22. The molecule has 1 atom stereocenters. The monoisotopic (exact) mass is 348 g/mol. The Morgan fingerprint density at radius 1 is 1.19 bits per heavy atom. The standard InChI is InChI=1S/C20H20N4O2/c1-13-21-19(24(2)23-13)14-7-9-15(10-8-14)20(25)22-17-11-16-5-3-4-6-18(16)26-12-17/h3-10,17H,11-12H2,1-2H3,(H,22,25)/t17-/m1/s1. The summed E-state index contributed by atoms with van der Waals surface area (Å²) in [6.45, 7) is 2.34. The molecule has 1 aliphatic heterocycles. The molecule has 6 nitrogen and oxygen atoms in total. The van der Waals surface area contributed by atoms with Crippen LogP contribution in [0.5, 0.6) is 5.75 Å². The van der Waals surface area contributed by atoms with Crippen molar-refractivity contribution in [2.45, 2.75) is 19.4 Å². The Balaban J connectivity index is 1.45. The Morgan fingerprint density at radius 2 is 1.96 bits per heavy atom. The highest BCUT2D eigenvalue weighted by atomic mass is 16.5. The summed E-state index contributed by atoms with van der Waals surface area (Å²) in [7, 11) is 1.86. The van der Waals surface area contributed by atoms with E-state index in [0.29, 0.717) is 12.2 Å². The molecule has 0 saturated carbocycles. The van der Waals surface area contributed by atoms with Crippen molar-refractivity contribution in [2.24, 2.45) is 7.05 Å². The number of aryl methyl sites for hydroxylation is 2. The molecule has 0 aliphatic carbocycles. The van der Waals surface area contributed by atoms with E-state index in [1.165, 1.54) is 0 Å². The summed E-state index contributed by atoms with van der Waals surface area (Å²) in [5.41, 5.74) is 2.67. The summed E-state index contributed by atoms with van der Waals surface area (Å²) >= 11 is 0. The van der Waals surface area contributed by atoms with Gasteiger partial charge in [0, 0.05) is 18.2 Å². The van der Waals surface area contributed by atoms with Gasteiger partial charge in [-0.15, -0.1) is 0 Å². The number of nitrogens with zero attached hydrogens (tertiary/aromatic N) is 3. The third kappa shape index (κ3) is 3.18. The van der Waals surface area contributed by atoms with Crippen LogP contribution in [0.2, 0.25) is 0 Å². The Labute approximate surface area is 151 Å². The Hall–Kier alpha value is -3.15. The van der Waals surface area contributed by atoms with E-state index in [2.05, 4.69) is 15.4 Å². The van der Waals surface area contributed by atoms with E-state index in [1.807, 2.05) is 62.5 Å². The molecule has 1 amide bonds. The molecule has 0 unspecified atom stereocenters. The number of nitrogens with one attached hydrogen (secondary N) is 1. The first-order chi connectivity index (χ1) is 12.6. The van der Waals surface area contributed by atoms with E-state index >= 15 is 0 Å². The molecule has 0 radical (unpaired) electrons. The van der Waals surface area contributed by atoms with Crippen LogP contribution in [0.4, 0.5) is 0 Å². The number of ether oxygens (including phenoxy) is 1. The fourth-order valence-electron chi connectivity index (χ4n) is 3.22. The molecule has 0 spiro atoms. The average molecular weight is 348 g/mol. The van der Waals surface area contributed by atoms with E-state index in [9.17, 15) is 4.79 Å². The molecule has 2 aromatic carbocycles. The van der Waals surface area contributed by atoms with Gasteiger partial charge in [-0.2, -0.15) is 5.10 Å². The smallest absolute Gasteiger partial charge is 0.251 e. The minimum atomic E-state index is -0.0984. The molecular weight excluding hydrogens is 328 g/mol. The zero-order valence-corrected chi connectivity index (χ0v) is 14.8. The molecule has 26 heavy (non-hydrogen) atoms. The topological polar surface area (TPSA) is 69.0 Å². The lowest BCUT2D eigenvalue weighted by Gasteiger charge is -2.26. The van der Waals surface area contributed by atoms with Gasteiger partial charge in [-0.3, -0.25) is 4.79 Å². The van der Waals surface area contributed by atoms with Gasteiger partial charge in [0.05, 0.1) is 6.04 Å². The second kappa shape index (κ2) is 6.63. The van der Waals surface area contributed by atoms with Crippen molar-refractivity contribution in [1.29, 1.82) is 0 Å². The minimum absolute atomic E-state index is 0.0292. The number of carbonyl (C=O) groups is 1. The molecule has 0 saturated heterocycles. The highest BCUT2D eigenvalue weighted by molar-refractivity contribution is 5.94. The van der Waals surface area contributed by atoms with Crippen LogP contribution in [0.15, 0.2) is 48.5 Å². The van der Waals surface area contributed by atoms with Gasteiger partial charge in [0.2, 0.25) is 0 Å². The van der Waals surface area contributed by atoms with E-state index in [4.69, 9.17) is 4.74 Å². The summed E-state index contributed by atoms with van der Waals surface area (Å²) in [6.07, 6.45) is 0.776. The maximum absolute atomic E-state index is 12.5. The number of fused-ring (bicyclic) bond motifs is 1. The molecule has 0 fully saturated rings. The highest BCUT2D eigenvalue weighted by Crippen LogP contribution is 2.24. The zero-order valence-electron chi connectivity index (χ0n) is 14.8. The van der Waals surface area contributed by atoms with Crippen molar-refractivity contribution in [3.05, 3.63) is 65.5 Å². The number of hydrogen-bond acceptors (Lipinski definition) is 4. The molecule has 4 rings (SSSR count). The van der Waals surface area contributed by atoms with Crippen molar-refractivity contribution >= 4 is 5.91 Å². The number of benzene rings is 2. The Morgan fingerprint density at radius 3 is 2.69 bits per heavy atom. The van der Waals surface area contributed by atoms with Gasteiger partial charge in [0.25, 0.3) is 5.91 Å². The van der Waals surface area contributed by atoms with Crippen LogP contribution in [0, 0.1) is 6.92 Å². The summed E-state index contributed by atoms with van der Waals surface area (Å²) in [5.74, 6) is 2.31. The number of aromatic nitrogens is 3. The molecule has 6 heteroatoms. The molecule has 1 aliphatic rings. The largest absolute Gasteiger partial charge is 0.491 e. The normalized spacial score (nSPS) is 15.8. The van der Waals surface area contributed by atoms with Gasteiger partial charge in [-0.05, 0) is 37.1 Å². The summed E-state index contributed by atoms with van der Waals surface area (Å²) in [5, 5.41) is 7.31. The second-order valence-corrected chi connectivity index (χ2v) is 6.48. The SMILES string of the molecule is Cc1nc(-c2ccc(C(=O)N[C@H]3COc4ccccc4C3)cc2)n(C)n1. The van der Waals surface area contributed by atoms with Crippen LogP contribution in [0.3, 0.4) is 0 Å². The summed E-state index contributed by atoms with van der Waals surface area (Å²) < 4.78 is 7.47. The maximum atomic E-state index is 12.5. The van der Waals surface area contributed by atoms with E-state index in [0.717, 1.165) is 34.9 Å². The van der Waals surface area contributed by atoms with E-state index in [1.54, 1.807) is 4.68 Å². The molecular formula is C20H20N4O2. The number of amides is 1. The number of para-hydroxylation sites is 1.